The van der Waals surface area contributed by atoms with Crippen molar-refractivity contribution in [3.63, 3.8) is 0 Å². The first-order valence-corrected chi connectivity index (χ1v) is 15.2. The van der Waals surface area contributed by atoms with Crippen LogP contribution in [0.2, 0.25) is 0 Å². The first kappa shape index (κ1) is 28.5. The predicted octanol–water partition coefficient (Wildman–Crippen LogP) is 4.12. The number of para-hydroxylation sites is 1. The van der Waals surface area contributed by atoms with Crippen LogP contribution in [0, 0.1) is 0 Å². The van der Waals surface area contributed by atoms with Gasteiger partial charge in [0.2, 0.25) is 0 Å². The molecule has 2 aliphatic heterocycles. The molecule has 5 aromatic rings. The number of hydrogen-bond acceptors (Lipinski definition) is 9. The summed E-state index contributed by atoms with van der Waals surface area (Å²) in [7, 11) is 3.35. The summed E-state index contributed by atoms with van der Waals surface area (Å²) in [4.78, 5) is 31.6. The lowest BCUT2D eigenvalue weighted by Crippen LogP contribution is -2.49. The fourth-order valence-electron chi connectivity index (χ4n) is 6.23. The lowest BCUT2D eigenvalue weighted by atomic mass is 10.1. The van der Waals surface area contributed by atoms with Crippen LogP contribution >= 0.6 is 0 Å². The fraction of sp³-hybridized carbons (Fsp3) is 0.294. The van der Waals surface area contributed by atoms with E-state index >= 15 is 0 Å². The topological polar surface area (TPSA) is 92.1 Å². The van der Waals surface area contributed by atoms with E-state index in [-0.39, 0.29) is 5.91 Å². The summed E-state index contributed by atoms with van der Waals surface area (Å²) in [5.41, 5.74) is 4.46. The predicted molar refractivity (Wildman–Crippen MR) is 175 cm³/mol. The van der Waals surface area contributed by atoms with Crippen molar-refractivity contribution in [1.29, 1.82) is 0 Å². The number of methoxy groups -OCH3 is 2. The third-order valence-corrected chi connectivity index (χ3v) is 8.68. The maximum atomic E-state index is 13.6. The lowest BCUT2D eigenvalue weighted by molar-refractivity contribution is 0.0746. The molecule has 0 radical (unpaired) electrons. The van der Waals surface area contributed by atoms with Crippen LogP contribution < -0.4 is 24.2 Å². The Morgan fingerprint density at radius 3 is 2.20 bits per heavy atom. The van der Waals surface area contributed by atoms with E-state index in [0.29, 0.717) is 18.7 Å². The van der Waals surface area contributed by atoms with Gasteiger partial charge in [-0.1, -0.05) is 24.3 Å². The Morgan fingerprint density at radius 1 is 0.711 bits per heavy atom. The number of nitrogens with zero attached hydrogens (tertiary/aromatic N) is 8. The molecule has 7 rings (SSSR count). The van der Waals surface area contributed by atoms with Crippen LogP contribution in [0.15, 0.2) is 85.3 Å². The Kier molecular flexibility index (Phi) is 7.81. The largest absolute Gasteiger partial charge is 0.497 e. The number of ether oxygens (including phenoxy) is 2. The number of amides is 1. The second-order valence-corrected chi connectivity index (χ2v) is 11.2. The quantitative estimate of drug-likeness (QED) is 0.272. The Morgan fingerprint density at radius 2 is 1.44 bits per heavy atom. The summed E-state index contributed by atoms with van der Waals surface area (Å²) in [6.07, 6.45) is 3.46. The van der Waals surface area contributed by atoms with E-state index in [2.05, 4.69) is 35.8 Å². The molecule has 2 aliphatic rings. The number of piperazine rings is 2. The highest BCUT2D eigenvalue weighted by molar-refractivity contribution is 5.96. The monoisotopic (exact) mass is 604 g/mol. The molecule has 3 aromatic carbocycles. The van der Waals surface area contributed by atoms with Crippen LogP contribution in [0.1, 0.15) is 10.4 Å². The standard InChI is InChI=1S/C34H36N8O3/c1-44-28-10-6-9-27(22-28)38-13-19-41(20-14-38)34(43)25-11-12-31(45-2)30(21-25)39-15-17-40(18-16-39)32-29-23-37-42(33(29)36-24-35-32)26-7-4-3-5-8-26/h3-12,21-24H,13-20H2,1-2H3. The van der Waals surface area contributed by atoms with Crippen molar-refractivity contribution in [2.75, 3.05) is 81.3 Å². The molecule has 2 aromatic heterocycles. The summed E-state index contributed by atoms with van der Waals surface area (Å²) in [5.74, 6) is 2.52. The van der Waals surface area contributed by atoms with Crippen LogP contribution in [0.4, 0.5) is 17.2 Å². The van der Waals surface area contributed by atoms with Gasteiger partial charge >= 0.3 is 0 Å². The van der Waals surface area contributed by atoms with E-state index in [9.17, 15) is 4.79 Å². The normalized spacial score (nSPS) is 15.4. The van der Waals surface area contributed by atoms with Crippen molar-refractivity contribution in [2.45, 2.75) is 0 Å². The van der Waals surface area contributed by atoms with E-state index in [1.807, 2.05) is 82.5 Å². The molecule has 11 nitrogen and oxygen atoms in total. The molecule has 0 N–H and O–H groups in total. The van der Waals surface area contributed by atoms with Crippen LogP contribution in [-0.4, -0.2) is 97.1 Å². The van der Waals surface area contributed by atoms with E-state index in [0.717, 1.165) is 84.7 Å². The van der Waals surface area contributed by atoms with Crippen LogP contribution in [-0.2, 0) is 0 Å². The first-order valence-electron chi connectivity index (χ1n) is 15.2. The smallest absolute Gasteiger partial charge is 0.254 e. The molecule has 2 saturated heterocycles. The third-order valence-electron chi connectivity index (χ3n) is 8.68. The van der Waals surface area contributed by atoms with Gasteiger partial charge in [-0.2, -0.15) is 5.10 Å². The molecule has 4 heterocycles. The van der Waals surface area contributed by atoms with Gasteiger partial charge in [-0.15, -0.1) is 0 Å². The molecule has 11 heteroatoms. The summed E-state index contributed by atoms with van der Waals surface area (Å²) >= 11 is 0. The van der Waals surface area contributed by atoms with E-state index < -0.39 is 0 Å². The highest BCUT2D eigenvalue weighted by Gasteiger charge is 2.27. The summed E-state index contributed by atoms with van der Waals surface area (Å²) in [6, 6.07) is 23.8. The minimum absolute atomic E-state index is 0.0432. The van der Waals surface area contributed by atoms with Crippen molar-refractivity contribution in [1.82, 2.24) is 24.6 Å². The molecular formula is C34H36N8O3. The minimum atomic E-state index is 0.0432. The Balaban J connectivity index is 1.04. The van der Waals surface area contributed by atoms with E-state index in [4.69, 9.17) is 9.47 Å². The van der Waals surface area contributed by atoms with Crippen molar-refractivity contribution >= 4 is 34.1 Å². The summed E-state index contributed by atoms with van der Waals surface area (Å²) in [6.45, 7) is 5.88. The Bertz CT molecular complexity index is 1790. The van der Waals surface area contributed by atoms with Gasteiger partial charge in [0.15, 0.2) is 5.65 Å². The number of carbonyl (C=O) groups is 1. The lowest BCUT2D eigenvalue weighted by Gasteiger charge is -2.38. The number of hydrogen-bond donors (Lipinski definition) is 0. The minimum Gasteiger partial charge on any atom is -0.497 e. The second-order valence-electron chi connectivity index (χ2n) is 11.2. The molecule has 0 atom stereocenters. The zero-order valence-corrected chi connectivity index (χ0v) is 25.5. The first-order chi connectivity index (χ1) is 22.1. The van der Waals surface area contributed by atoms with Gasteiger partial charge in [-0.3, -0.25) is 4.79 Å². The SMILES string of the molecule is COc1cccc(N2CCN(C(=O)c3ccc(OC)c(N4CCN(c5ncnc6c5cnn6-c5ccccc5)CC4)c3)CC2)c1. The van der Waals surface area contributed by atoms with Gasteiger partial charge in [0, 0.05) is 69.7 Å². The fourth-order valence-corrected chi connectivity index (χ4v) is 6.23. The molecule has 230 valence electrons. The van der Waals surface area contributed by atoms with Gasteiger partial charge in [-0.25, -0.2) is 14.6 Å². The van der Waals surface area contributed by atoms with Gasteiger partial charge < -0.3 is 29.1 Å². The molecule has 1 amide bonds. The third kappa shape index (κ3) is 5.57. The van der Waals surface area contributed by atoms with Crippen LogP contribution in [0.5, 0.6) is 11.5 Å². The second kappa shape index (κ2) is 12.4. The number of rotatable bonds is 7. The van der Waals surface area contributed by atoms with Gasteiger partial charge in [-0.05, 0) is 42.5 Å². The summed E-state index contributed by atoms with van der Waals surface area (Å²) in [5, 5.41) is 5.54. The van der Waals surface area contributed by atoms with Crippen molar-refractivity contribution in [3.05, 3.63) is 90.9 Å². The number of aromatic nitrogens is 4. The summed E-state index contributed by atoms with van der Waals surface area (Å²) < 4.78 is 13.0. The van der Waals surface area contributed by atoms with Gasteiger partial charge in [0.05, 0.1) is 37.2 Å². The van der Waals surface area contributed by atoms with Gasteiger partial charge in [0.25, 0.3) is 5.91 Å². The number of fused-ring (bicyclic) bond motifs is 1. The van der Waals surface area contributed by atoms with Crippen LogP contribution in [0.3, 0.4) is 0 Å². The average Bonchev–Trinajstić information content (AvgIpc) is 3.56. The highest BCUT2D eigenvalue weighted by atomic mass is 16.5. The number of benzene rings is 3. The molecule has 2 fully saturated rings. The molecule has 0 unspecified atom stereocenters. The number of anilines is 3. The molecule has 0 bridgehead atoms. The van der Waals surface area contributed by atoms with Gasteiger partial charge in [0.1, 0.15) is 23.6 Å². The van der Waals surface area contributed by atoms with Crippen molar-refractivity contribution < 1.29 is 14.3 Å². The molecule has 0 spiro atoms. The maximum absolute atomic E-state index is 13.6. The zero-order chi connectivity index (χ0) is 30.8. The van der Waals surface area contributed by atoms with E-state index in [1.165, 1.54) is 0 Å². The van der Waals surface area contributed by atoms with Crippen molar-refractivity contribution in [3.8, 4) is 17.2 Å². The Hall–Kier alpha value is -5.32. The van der Waals surface area contributed by atoms with E-state index in [1.54, 1.807) is 20.5 Å². The number of carbonyl (C=O) groups excluding carboxylic acids is 1. The zero-order valence-electron chi connectivity index (χ0n) is 25.5. The van der Waals surface area contributed by atoms with Crippen molar-refractivity contribution in [2.24, 2.45) is 0 Å². The highest BCUT2D eigenvalue weighted by Crippen LogP contribution is 2.33. The molecular weight excluding hydrogens is 568 g/mol. The Labute approximate surface area is 262 Å². The average molecular weight is 605 g/mol. The van der Waals surface area contributed by atoms with Crippen LogP contribution in [0.25, 0.3) is 16.7 Å². The molecule has 45 heavy (non-hydrogen) atoms. The molecule has 0 saturated carbocycles. The molecule has 0 aliphatic carbocycles. The maximum Gasteiger partial charge on any atom is 0.254 e.